The van der Waals surface area contributed by atoms with Gasteiger partial charge in [0.25, 0.3) is 0 Å². The molecule has 1 fully saturated rings. The number of H-pyrrole nitrogens is 1. The molecule has 1 saturated heterocycles. The van der Waals surface area contributed by atoms with Crippen molar-refractivity contribution >= 4 is 22.8 Å². The van der Waals surface area contributed by atoms with E-state index in [1.165, 1.54) is 10.9 Å². The van der Waals surface area contributed by atoms with E-state index in [4.69, 9.17) is 9.47 Å². The fourth-order valence-electron chi connectivity index (χ4n) is 3.26. The Morgan fingerprint density at radius 1 is 1.36 bits per heavy atom. The van der Waals surface area contributed by atoms with Gasteiger partial charge in [0.05, 0.1) is 6.61 Å². The number of aromatic amines is 1. The van der Waals surface area contributed by atoms with Crippen molar-refractivity contribution in [2.45, 2.75) is 32.3 Å². The maximum atomic E-state index is 12.1. The first-order valence-electron chi connectivity index (χ1n) is 8.81. The van der Waals surface area contributed by atoms with Crippen molar-refractivity contribution in [3.8, 4) is 0 Å². The van der Waals surface area contributed by atoms with Crippen molar-refractivity contribution in [1.82, 2.24) is 9.88 Å². The predicted octanol–water partition coefficient (Wildman–Crippen LogP) is 2.92. The molecule has 0 saturated carbocycles. The van der Waals surface area contributed by atoms with E-state index in [1.54, 1.807) is 6.92 Å². The summed E-state index contributed by atoms with van der Waals surface area (Å²) >= 11 is 0. The van der Waals surface area contributed by atoms with Gasteiger partial charge in [0.1, 0.15) is 0 Å². The van der Waals surface area contributed by atoms with E-state index in [-0.39, 0.29) is 12.4 Å². The summed E-state index contributed by atoms with van der Waals surface area (Å²) in [7, 11) is 0. The van der Waals surface area contributed by atoms with Gasteiger partial charge in [-0.15, -0.1) is 0 Å². The highest BCUT2D eigenvalue weighted by Crippen LogP contribution is 2.19. The Hall–Kier alpha value is -2.34. The van der Waals surface area contributed by atoms with E-state index in [9.17, 15) is 9.59 Å². The summed E-state index contributed by atoms with van der Waals surface area (Å²) < 4.78 is 10.0. The Bertz CT molecular complexity index is 740. The van der Waals surface area contributed by atoms with Crippen molar-refractivity contribution in [3.63, 3.8) is 0 Å². The Balaban J connectivity index is 1.61. The van der Waals surface area contributed by atoms with Crippen molar-refractivity contribution in [3.05, 3.63) is 36.0 Å². The molecule has 134 valence electrons. The second-order valence-electron chi connectivity index (χ2n) is 6.27. The summed E-state index contributed by atoms with van der Waals surface area (Å²) in [4.78, 5) is 29.2. The average molecular weight is 344 g/mol. The molecule has 0 spiro atoms. The number of carbonyl (C=O) groups is 2. The third-order valence-corrected chi connectivity index (χ3v) is 4.55. The number of nitrogens with zero attached hydrogens (tertiary/aromatic N) is 1. The lowest BCUT2D eigenvalue weighted by Crippen LogP contribution is -2.38. The number of Topliss-reactive ketones (excluding diaryl/α,β-unsaturated/α-hetero) is 1. The fraction of sp³-hybridized carbons (Fsp3) is 0.474. The highest BCUT2D eigenvalue weighted by Gasteiger charge is 2.28. The number of ketones is 1. The molecule has 1 atom stereocenters. The van der Waals surface area contributed by atoms with Crippen LogP contribution < -0.4 is 0 Å². The van der Waals surface area contributed by atoms with Gasteiger partial charge in [-0.2, -0.15) is 0 Å². The number of hydrogen-bond donors (Lipinski definition) is 1. The molecule has 1 aromatic carbocycles. The minimum atomic E-state index is -0.765. The van der Waals surface area contributed by atoms with Crippen LogP contribution >= 0.6 is 0 Å². The predicted molar refractivity (Wildman–Crippen MR) is 94.6 cm³/mol. The summed E-state index contributed by atoms with van der Waals surface area (Å²) in [5, 5.41) is 1.23. The van der Waals surface area contributed by atoms with E-state index in [0.717, 1.165) is 31.4 Å². The number of para-hydroxylation sites is 1. The number of carbonyl (C=O) groups excluding carboxylic acids is 2. The molecule has 6 nitrogen and oxygen atoms in total. The average Bonchev–Trinajstić information content (AvgIpc) is 2.93. The van der Waals surface area contributed by atoms with Crippen LogP contribution in [0.15, 0.2) is 30.5 Å². The molecule has 2 heterocycles. The summed E-state index contributed by atoms with van der Waals surface area (Å²) in [6, 6.07) is 8.22. The van der Waals surface area contributed by atoms with Crippen LogP contribution in [-0.4, -0.2) is 54.2 Å². The number of rotatable bonds is 5. The van der Waals surface area contributed by atoms with Crippen LogP contribution in [0.3, 0.4) is 0 Å². The normalized spacial score (nSPS) is 18.9. The molecular formula is C19H24N2O4. The van der Waals surface area contributed by atoms with Crippen LogP contribution in [0.2, 0.25) is 0 Å². The van der Waals surface area contributed by atoms with E-state index < -0.39 is 12.3 Å². The molecule has 2 aromatic rings. The summed E-state index contributed by atoms with van der Waals surface area (Å²) in [5.74, 6) is -0.0253. The second kappa shape index (κ2) is 8.16. The van der Waals surface area contributed by atoms with Gasteiger partial charge in [0, 0.05) is 36.6 Å². The molecule has 1 aliphatic heterocycles. The Labute approximate surface area is 147 Å². The Kier molecular flexibility index (Phi) is 5.71. The van der Waals surface area contributed by atoms with E-state index in [1.807, 2.05) is 18.3 Å². The molecule has 0 bridgehead atoms. The van der Waals surface area contributed by atoms with Crippen molar-refractivity contribution in [2.75, 3.05) is 26.2 Å². The first-order valence-corrected chi connectivity index (χ1v) is 8.81. The molecule has 0 aliphatic carbocycles. The molecule has 6 heteroatoms. The van der Waals surface area contributed by atoms with Gasteiger partial charge in [-0.05, 0) is 37.9 Å². The zero-order valence-corrected chi connectivity index (χ0v) is 14.5. The van der Waals surface area contributed by atoms with Gasteiger partial charge in [0.2, 0.25) is 0 Å². The fourth-order valence-corrected chi connectivity index (χ4v) is 3.26. The van der Waals surface area contributed by atoms with Gasteiger partial charge in [-0.1, -0.05) is 18.2 Å². The van der Waals surface area contributed by atoms with Crippen molar-refractivity contribution in [1.29, 1.82) is 0 Å². The Morgan fingerprint density at radius 3 is 3.04 bits per heavy atom. The first kappa shape index (κ1) is 17.5. The summed E-state index contributed by atoms with van der Waals surface area (Å²) in [6.07, 6.45) is 2.65. The molecule has 1 N–H and O–H groups in total. The topological polar surface area (TPSA) is 71.6 Å². The number of fused-ring (bicyclic) bond motifs is 1. The monoisotopic (exact) mass is 344 g/mol. The van der Waals surface area contributed by atoms with Crippen LogP contribution in [0.4, 0.5) is 4.79 Å². The maximum absolute atomic E-state index is 12.1. The van der Waals surface area contributed by atoms with Gasteiger partial charge < -0.3 is 14.5 Å². The van der Waals surface area contributed by atoms with Crippen LogP contribution in [0.5, 0.6) is 0 Å². The number of ether oxygens (including phenoxy) is 2. The third kappa shape index (κ3) is 4.39. The van der Waals surface area contributed by atoms with Gasteiger partial charge >= 0.3 is 6.16 Å². The third-order valence-electron chi connectivity index (χ3n) is 4.55. The number of benzene rings is 1. The zero-order chi connectivity index (χ0) is 17.6. The standard InChI is InChI=1S/C19H24N2O4/c1-2-24-19(23)25-18-13-21(10-5-8-17(18)22)11-9-14-12-20-16-7-4-3-6-15(14)16/h3-4,6-7,12,18,20H,2,5,8-11,13H2,1H3. The van der Waals surface area contributed by atoms with Crippen molar-refractivity contribution in [2.24, 2.45) is 0 Å². The zero-order valence-electron chi connectivity index (χ0n) is 14.5. The van der Waals surface area contributed by atoms with Gasteiger partial charge in [-0.3, -0.25) is 9.69 Å². The maximum Gasteiger partial charge on any atom is 0.509 e. The second-order valence-corrected chi connectivity index (χ2v) is 6.27. The lowest BCUT2D eigenvalue weighted by atomic mass is 10.1. The smallest absolute Gasteiger partial charge is 0.435 e. The number of hydrogen-bond acceptors (Lipinski definition) is 5. The van der Waals surface area contributed by atoms with Crippen molar-refractivity contribution < 1.29 is 19.1 Å². The van der Waals surface area contributed by atoms with Crippen LogP contribution in [0, 0.1) is 0 Å². The van der Waals surface area contributed by atoms with Crippen LogP contribution in [0.25, 0.3) is 10.9 Å². The van der Waals surface area contributed by atoms with E-state index in [2.05, 4.69) is 22.0 Å². The SMILES string of the molecule is CCOC(=O)OC1CN(CCc2c[nH]c3ccccc23)CCCC1=O. The lowest BCUT2D eigenvalue weighted by molar-refractivity contribution is -0.128. The molecule has 1 aliphatic rings. The molecule has 1 aromatic heterocycles. The number of nitrogens with one attached hydrogen (secondary N) is 1. The molecular weight excluding hydrogens is 320 g/mol. The quantitative estimate of drug-likeness (QED) is 0.845. The number of likely N-dealkylation sites (tertiary alicyclic amines) is 1. The minimum absolute atomic E-state index is 0.0253. The minimum Gasteiger partial charge on any atom is -0.435 e. The first-order chi connectivity index (χ1) is 12.2. The molecule has 25 heavy (non-hydrogen) atoms. The van der Waals surface area contributed by atoms with E-state index in [0.29, 0.717) is 13.0 Å². The summed E-state index contributed by atoms with van der Waals surface area (Å²) in [6.45, 7) is 4.03. The van der Waals surface area contributed by atoms with Crippen LogP contribution in [0.1, 0.15) is 25.3 Å². The largest absolute Gasteiger partial charge is 0.509 e. The summed E-state index contributed by atoms with van der Waals surface area (Å²) in [5.41, 5.74) is 2.39. The highest BCUT2D eigenvalue weighted by molar-refractivity contribution is 5.85. The molecule has 1 unspecified atom stereocenters. The lowest BCUT2D eigenvalue weighted by Gasteiger charge is -2.23. The molecule has 0 radical (unpaired) electrons. The molecule has 3 rings (SSSR count). The van der Waals surface area contributed by atoms with Gasteiger partial charge in [0.15, 0.2) is 11.9 Å². The highest BCUT2D eigenvalue weighted by atomic mass is 16.7. The van der Waals surface area contributed by atoms with Crippen LogP contribution in [-0.2, 0) is 20.7 Å². The van der Waals surface area contributed by atoms with Gasteiger partial charge in [-0.25, -0.2) is 4.79 Å². The Morgan fingerprint density at radius 2 is 2.20 bits per heavy atom. The number of aromatic nitrogens is 1. The molecule has 0 amide bonds. The van der Waals surface area contributed by atoms with E-state index >= 15 is 0 Å².